The SMILES string of the molecule is O=C(NC1CCCCC1O)Oc1ccc(N2CC(F)(F)C2)c(OCC2CC2)n1. The lowest BCUT2D eigenvalue weighted by molar-refractivity contribution is -0.0265. The Morgan fingerprint density at radius 2 is 2.00 bits per heavy atom. The molecule has 28 heavy (non-hydrogen) atoms. The number of nitrogens with zero attached hydrogens (tertiary/aromatic N) is 2. The van der Waals surface area contributed by atoms with Gasteiger partial charge in [0, 0.05) is 6.07 Å². The van der Waals surface area contributed by atoms with Gasteiger partial charge < -0.3 is 24.8 Å². The van der Waals surface area contributed by atoms with Gasteiger partial charge in [-0.1, -0.05) is 12.8 Å². The van der Waals surface area contributed by atoms with E-state index in [9.17, 15) is 18.7 Å². The number of ether oxygens (including phenoxy) is 2. The monoisotopic (exact) mass is 397 g/mol. The van der Waals surface area contributed by atoms with Crippen LogP contribution in [-0.4, -0.2) is 53.9 Å². The normalized spacial score (nSPS) is 26.3. The number of alkyl halides is 2. The van der Waals surface area contributed by atoms with Gasteiger partial charge in [-0.3, -0.25) is 0 Å². The van der Waals surface area contributed by atoms with Gasteiger partial charge in [0.25, 0.3) is 5.92 Å². The van der Waals surface area contributed by atoms with Crippen LogP contribution in [-0.2, 0) is 0 Å². The van der Waals surface area contributed by atoms with Gasteiger partial charge in [-0.05, 0) is 37.7 Å². The Balaban J connectivity index is 1.41. The number of carbonyl (C=O) groups excluding carboxylic acids is 1. The first-order valence-electron chi connectivity index (χ1n) is 9.83. The minimum atomic E-state index is -2.70. The molecule has 0 bridgehead atoms. The van der Waals surface area contributed by atoms with Gasteiger partial charge in [0.1, 0.15) is 5.69 Å². The van der Waals surface area contributed by atoms with Crippen molar-refractivity contribution in [3.05, 3.63) is 12.1 Å². The molecule has 1 aromatic heterocycles. The molecule has 2 N–H and O–H groups in total. The number of hydrogen-bond donors (Lipinski definition) is 2. The van der Waals surface area contributed by atoms with Gasteiger partial charge in [0.05, 0.1) is 31.8 Å². The van der Waals surface area contributed by atoms with Crippen LogP contribution in [0.15, 0.2) is 12.1 Å². The van der Waals surface area contributed by atoms with Crippen LogP contribution in [0.5, 0.6) is 11.8 Å². The molecule has 2 unspecified atom stereocenters. The minimum Gasteiger partial charge on any atom is -0.476 e. The highest BCUT2D eigenvalue weighted by Gasteiger charge is 2.45. The van der Waals surface area contributed by atoms with E-state index in [1.807, 2.05) is 0 Å². The summed E-state index contributed by atoms with van der Waals surface area (Å²) in [7, 11) is 0. The lowest BCUT2D eigenvalue weighted by Gasteiger charge is -2.40. The zero-order valence-corrected chi connectivity index (χ0v) is 15.6. The molecule has 2 saturated carbocycles. The van der Waals surface area contributed by atoms with E-state index in [0.717, 1.165) is 25.7 Å². The Kier molecular flexibility index (Phi) is 5.27. The molecule has 7 nitrogen and oxygen atoms in total. The van der Waals surface area contributed by atoms with Crippen molar-refractivity contribution in [2.75, 3.05) is 24.6 Å². The van der Waals surface area contributed by atoms with Crippen LogP contribution in [0.25, 0.3) is 0 Å². The molecule has 9 heteroatoms. The van der Waals surface area contributed by atoms with E-state index in [4.69, 9.17) is 9.47 Å². The molecule has 3 fully saturated rings. The number of nitrogens with one attached hydrogen (secondary N) is 1. The Morgan fingerprint density at radius 1 is 1.25 bits per heavy atom. The number of amides is 1. The van der Waals surface area contributed by atoms with E-state index in [-0.39, 0.29) is 30.9 Å². The van der Waals surface area contributed by atoms with Crippen molar-refractivity contribution in [2.24, 2.45) is 5.92 Å². The Bertz CT molecular complexity index is 721. The third-order valence-corrected chi connectivity index (χ3v) is 5.38. The summed E-state index contributed by atoms with van der Waals surface area (Å²) in [5, 5.41) is 12.6. The average Bonchev–Trinajstić information content (AvgIpc) is 3.44. The van der Waals surface area contributed by atoms with E-state index < -0.39 is 18.1 Å². The molecule has 0 aromatic carbocycles. The molecular formula is C19H25F2N3O4. The van der Waals surface area contributed by atoms with E-state index in [1.54, 1.807) is 6.07 Å². The maximum Gasteiger partial charge on any atom is 0.414 e. The largest absolute Gasteiger partial charge is 0.476 e. The van der Waals surface area contributed by atoms with Crippen LogP contribution in [0.2, 0.25) is 0 Å². The lowest BCUT2D eigenvalue weighted by atomic mass is 9.93. The quantitative estimate of drug-likeness (QED) is 0.768. The van der Waals surface area contributed by atoms with Gasteiger partial charge in [-0.2, -0.15) is 4.98 Å². The van der Waals surface area contributed by atoms with Crippen LogP contribution < -0.4 is 19.7 Å². The standard InChI is InChI=1S/C19H25F2N3O4/c20-19(21)10-24(11-19)14-7-8-16(23-17(14)27-9-12-5-6-12)28-18(26)22-13-3-1-2-4-15(13)25/h7-8,12-13,15,25H,1-6,9-11H2,(H,22,26). The molecule has 3 aliphatic rings. The predicted octanol–water partition coefficient (Wildman–Crippen LogP) is 2.72. The van der Waals surface area contributed by atoms with Crippen molar-refractivity contribution in [3.8, 4) is 11.8 Å². The van der Waals surface area contributed by atoms with E-state index >= 15 is 0 Å². The Hall–Kier alpha value is -2.16. The summed E-state index contributed by atoms with van der Waals surface area (Å²) in [6.07, 6.45) is 4.11. The molecule has 0 radical (unpaired) electrons. The predicted molar refractivity (Wildman–Crippen MR) is 97.0 cm³/mol. The zero-order chi connectivity index (χ0) is 19.7. The maximum absolute atomic E-state index is 13.2. The average molecular weight is 397 g/mol. The molecule has 4 rings (SSSR count). The molecule has 2 aliphatic carbocycles. The molecule has 1 aliphatic heterocycles. The van der Waals surface area contributed by atoms with Crippen molar-refractivity contribution in [1.29, 1.82) is 0 Å². The molecule has 1 aromatic rings. The fourth-order valence-corrected chi connectivity index (χ4v) is 3.54. The summed E-state index contributed by atoms with van der Waals surface area (Å²) < 4.78 is 37.4. The number of carbonyl (C=O) groups is 1. The van der Waals surface area contributed by atoms with Gasteiger partial charge in [0.2, 0.25) is 11.8 Å². The molecule has 1 saturated heterocycles. The van der Waals surface area contributed by atoms with Crippen molar-refractivity contribution in [2.45, 2.75) is 56.6 Å². The number of hydrogen-bond acceptors (Lipinski definition) is 6. The highest BCUT2D eigenvalue weighted by Crippen LogP contribution is 2.38. The van der Waals surface area contributed by atoms with E-state index in [1.165, 1.54) is 11.0 Å². The second-order valence-electron chi connectivity index (χ2n) is 7.93. The van der Waals surface area contributed by atoms with Crippen molar-refractivity contribution in [1.82, 2.24) is 10.3 Å². The highest BCUT2D eigenvalue weighted by atomic mass is 19.3. The number of rotatable bonds is 6. The molecule has 1 amide bonds. The zero-order valence-electron chi connectivity index (χ0n) is 15.6. The fraction of sp³-hybridized carbons (Fsp3) is 0.684. The summed E-state index contributed by atoms with van der Waals surface area (Å²) in [6, 6.07) is 2.71. The number of aliphatic hydroxyl groups is 1. The molecule has 0 spiro atoms. The summed E-state index contributed by atoms with van der Waals surface area (Å²) in [6.45, 7) is -0.294. The topological polar surface area (TPSA) is 83.9 Å². The first-order valence-corrected chi connectivity index (χ1v) is 9.83. The number of aliphatic hydroxyl groups excluding tert-OH is 1. The first-order chi connectivity index (χ1) is 13.4. The van der Waals surface area contributed by atoms with Crippen LogP contribution >= 0.6 is 0 Å². The van der Waals surface area contributed by atoms with E-state index in [0.29, 0.717) is 31.1 Å². The molecule has 154 valence electrons. The maximum atomic E-state index is 13.2. The first kappa shape index (κ1) is 19.2. The highest BCUT2D eigenvalue weighted by molar-refractivity contribution is 5.71. The third-order valence-electron chi connectivity index (χ3n) is 5.38. The molecular weight excluding hydrogens is 372 g/mol. The van der Waals surface area contributed by atoms with Gasteiger partial charge in [0.15, 0.2) is 0 Å². The summed E-state index contributed by atoms with van der Waals surface area (Å²) in [4.78, 5) is 17.9. The van der Waals surface area contributed by atoms with Crippen LogP contribution in [0.1, 0.15) is 38.5 Å². The Labute approximate surface area is 162 Å². The molecule has 2 atom stereocenters. The number of halogens is 2. The Morgan fingerprint density at radius 3 is 2.68 bits per heavy atom. The second-order valence-corrected chi connectivity index (χ2v) is 7.93. The van der Waals surface area contributed by atoms with Crippen molar-refractivity contribution >= 4 is 11.8 Å². The second kappa shape index (κ2) is 7.69. The van der Waals surface area contributed by atoms with Gasteiger partial charge >= 0.3 is 6.09 Å². The number of aromatic nitrogens is 1. The van der Waals surface area contributed by atoms with Crippen molar-refractivity contribution < 1.29 is 28.2 Å². The number of pyridine rings is 1. The van der Waals surface area contributed by atoms with Crippen LogP contribution in [0.4, 0.5) is 19.3 Å². The summed E-state index contributed by atoms with van der Waals surface area (Å²) in [5.41, 5.74) is 0.474. The number of anilines is 1. The minimum absolute atomic E-state index is 0.0321. The smallest absolute Gasteiger partial charge is 0.414 e. The van der Waals surface area contributed by atoms with E-state index in [2.05, 4.69) is 10.3 Å². The van der Waals surface area contributed by atoms with Gasteiger partial charge in [-0.15, -0.1) is 0 Å². The van der Waals surface area contributed by atoms with Gasteiger partial charge in [-0.25, -0.2) is 13.6 Å². The summed E-state index contributed by atoms with van der Waals surface area (Å²) >= 11 is 0. The fourth-order valence-electron chi connectivity index (χ4n) is 3.54. The van der Waals surface area contributed by atoms with Crippen LogP contribution in [0.3, 0.4) is 0 Å². The van der Waals surface area contributed by atoms with Crippen molar-refractivity contribution in [3.63, 3.8) is 0 Å². The van der Waals surface area contributed by atoms with Crippen LogP contribution in [0, 0.1) is 5.92 Å². The third kappa shape index (κ3) is 4.63. The summed E-state index contributed by atoms with van der Waals surface area (Å²) in [5.74, 6) is -2.01. The molecule has 2 heterocycles. The lowest BCUT2D eigenvalue weighted by Crippen LogP contribution is -2.56.